The maximum Gasteiger partial charge on any atom is 0.253 e. The molecule has 2 saturated heterocycles. The smallest absolute Gasteiger partial charge is 0.253 e. The highest BCUT2D eigenvalue weighted by Crippen LogP contribution is 2.41. The molecule has 4 aliphatic rings. The Bertz CT molecular complexity index is 1880. The fraction of sp³-hybridized carbons (Fsp3) is 0.761. The Morgan fingerprint density at radius 1 is 0.882 bits per heavy atom. The molecule has 22 nitrogen and oxygen atoms in total. The van der Waals surface area contributed by atoms with Gasteiger partial charge in [0.05, 0.1) is 115 Å². The number of aromatic nitrogens is 3. The lowest BCUT2D eigenvalue weighted by molar-refractivity contribution is -0.146. The average Bonchev–Trinajstić information content (AvgIpc) is 4.20. The second kappa shape index (κ2) is 26.8. The van der Waals surface area contributed by atoms with Crippen LogP contribution in [0.4, 0.5) is 0 Å². The van der Waals surface area contributed by atoms with E-state index in [0.29, 0.717) is 70.2 Å². The zero-order valence-corrected chi connectivity index (χ0v) is 40.9. The van der Waals surface area contributed by atoms with E-state index in [-0.39, 0.29) is 98.6 Å². The van der Waals surface area contributed by atoms with Gasteiger partial charge in [-0.2, -0.15) is 0 Å². The zero-order chi connectivity index (χ0) is 49.3. The van der Waals surface area contributed by atoms with Crippen LogP contribution in [0.1, 0.15) is 71.4 Å². The summed E-state index contributed by atoms with van der Waals surface area (Å²) in [7, 11) is 6.74. The number of methoxy groups -OCH3 is 2. The lowest BCUT2D eigenvalue weighted by Gasteiger charge is -2.39. The fourth-order valence-electron chi connectivity index (χ4n) is 9.95. The van der Waals surface area contributed by atoms with Crippen LogP contribution in [0.3, 0.4) is 0 Å². The van der Waals surface area contributed by atoms with E-state index in [0.717, 1.165) is 37.0 Å². The van der Waals surface area contributed by atoms with Crippen LogP contribution in [-0.2, 0) is 70.3 Å². The summed E-state index contributed by atoms with van der Waals surface area (Å²) in [6, 6.07) is -0.617. The molecular formula is C46H74N10O12. The lowest BCUT2D eigenvalue weighted by atomic mass is 9.90. The largest absolute Gasteiger partial charge is 0.379 e. The minimum Gasteiger partial charge on any atom is -0.379 e. The molecule has 68 heavy (non-hydrogen) atoms. The summed E-state index contributed by atoms with van der Waals surface area (Å²) < 4.78 is 30.0. The first-order chi connectivity index (χ1) is 32.7. The third-order valence-electron chi connectivity index (χ3n) is 13.9. The molecule has 3 aliphatic heterocycles. The molecule has 9 unspecified atom stereocenters. The molecule has 5 rings (SSSR count). The highest BCUT2D eigenvalue weighted by molar-refractivity contribution is 6.12. The van der Waals surface area contributed by atoms with Crippen molar-refractivity contribution in [2.24, 2.45) is 17.8 Å². The number of piperidine rings is 1. The van der Waals surface area contributed by atoms with Crippen LogP contribution < -0.4 is 16.0 Å². The van der Waals surface area contributed by atoms with Crippen LogP contribution in [0, 0.1) is 17.8 Å². The number of rotatable bonds is 30. The Morgan fingerprint density at radius 3 is 2.22 bits per heavy atom. The first-order valence-corrected chi connectivity index (χ1v) is 24.0. The van der Waals surface area contributed by atoms with Gasteiger partial charge < -0.3 is 49.4 Å². The summed E-state index contributed by atoms with van der Waals surface area (Å²) >= 11 is 0. The van der Waals surface area contributed by atoms with Gasteiger partial charge in [0.1, 0.15) is 5.69 Å². The maximum atomic E-state index is 14.1. The molecule has 3 N–H and O–H groups in total. The number of likely N-dealkylation sites (N-methyl/N-ethyl adjacent to an activating group) is 2. The molecule has 380 valence electrons. The maximum absolute atomic E-state index is 14.1. The molecular weight excluding hydrogens is 885 g/mol. The number of fused-ring (bicyclic) bond motifs is 2. The number of hydrogen-bond donors (Lipinski definition) is 3. The standard InChI is InChI=1S/C46H74N10O12/c1-8-30(2)42(53(5)41(61)27-49-46(63)43-32-11-12-34(24-32)52(43)4)36(64-6)25-40(60)55-16-9-10-35(55)44(65-7)31(3)45(62)48-26-37(57)47-15-18-66-20-22-68-23-21-67-19-17-54-28-33(50-51-54)29-56-38(58)13-14-39(56)59/h13-14,28,30-32,34-36,42-44H,8-12,15-27,29H2,1-7H3,(H,47,57)(H,48,62)(H,49,63). The van der Waals surface area contributed by atoms with Crippen LogP contribution in [-0.4, -0.2) is 206 Å². The van der Waals surface area contributed by atoms with E-state index < -0.39 is 24.2 Å². The molecule has 7 amide bonds. The van der Waals surface area contributed by atoms with Crippen molar-refractivity contribution in [3.63, 3.8) is 0 Å². The Labute approximate surface area is 399 Å². The van der Waals surface area contributed by atoms with Gasteiger partial charge in [0.25, 0.3) is 11.8 Å². The monoisotopic (exact) mass is 959 g/mol. The quantitative estimate of drug-likeness (QED) is 0.0651. The number of carbonyl (C=O) groups excluding carboxylic acids is 7. The number of nitrogens with zero attached hydrogens (tertiary/aromatic N) is 7. The molecule has 1 saturated carbocycles. The second-order valence-electron chi connectivity index (χ2n) is 18.2. The highest BCUT2D eigenvalue weighted by atomic mass is 16.5. The van der Waals surface area contributed by atoms with E-state index in [1.807, 2.05) is 20.9 Å². The van der Waals surface area contributed by atoms with E-state index in [1.54, 1.807) is 41.8 Å². The van der Waals surface area contributed by atoms with Gasteiger partial charge in [-0.15, -0.1) is 5.10 Å². The fourth-order valence-corrected chi connectivity index (χ4v) is 9.95. The molecule has 1 aromatic heterocycles. The van der Waals surface area contributed by atoms with Gasteiger partial charge in [-0.3, -0.25) is 43.4 Å². The highest BCUT2D eigenvalue weighted by Gasteiger charge is 2.47. The summed E-state index contributed by atoms with van der Waals surface area (Å²) in [4.78, 5) is 96.7. The predicted molar refractivity (Wildman–Crippen MR) is 245 cm³/mol. The van der Waals surface area contributed by atoms with Crippen LogP contribution in [0.5, 0.6) is 0 Å². The van der Waals surface area contributed by atoms with Crippen molar-refractivity contribution in [3.8, 4) is 0 Å². The minimum atomic E-state index is -0.684. The molecule has 0 radical (unpaired) electrons. The van der Waals surface area contributed by atoms with Gasteiger partial charge >= 0.3 is 0 Å². The van der Waals surface area contributed by atoms with Crippen molar-refractivity contribution in [1.82, 2.24) is 50.5 Å². The van der Waals surface area contributed by atoms with Gasteiger partial charge in [0, 0.05) is 52.6 Å². The van der Waals surface area contributed by atoms with E-state index in [9.17, 15) is 33.6 Å². The first kappa shape index (κ1) is 54.1. The van der Waals surface area contributed by atoms with E-state index in [4.69, 9.17) is 23.7 Å². The van der Waals surface area contributed by atoms with E-state index in [1.165, 1.54) is 19.3 Å². The number of hydrogen-bond acceptors (Lipinski definition) is 15. The Hall–Kier alpha value is -4.87. The SMILES string of the molecule is CCC(C)C(C(CC(=O)N1CCCC1C(OC)C(C)C(=O)NCC(=O)NCCOCCOCCOCCn1cc(CN2C(=O)C=CC2=O)nn1)OC)N(C)C(=O)CNC(=O)C1C2CCC(C2)N1C. The van der Waals surface area contributed by atoms with Gasteiger partial charge in [0.15, 0.2) is 0 Å². The Kier molecular flexibility index (Phi) is 21.3. The molecule has 1 aliphatic carbocycles. The van der Waals surface area contributed by atoms with Crippen molar-refractivity contribution >= 4 is 41.4 Å². The average molecular weight is 959 g/mol. The third-order valence-corrected chi connectivity index (χ3v) is 13.9. The lowest BCUT2D eigenvalue weighted by Crippen LogP contribution is -2.55. The van der Waals surface area contributed by atoms with Crippen LogP contribution in [0.25, 0.3) is 0 Å². The van der Waals surface area contributed by atoms with Gasteiger partial charge in [0.2, 0.25) is 29.5 Å². The number of nitrogens with one attached hydrogen (secondary N) is 3. The number of amides is 7. The molecule has 1 aromatic rings. The molecule has 3 fully saturated rings. The van der Waals surface area contributed by atoms with Crippen LogP contribution in [0.2, 0.25) is 0 Å². The number of likely N-dealkylation sites (tertiary alicyclic amines) is 2. The predicted octanol–water partition coefficient (Wildman–Crippen LogP) is -0.495. The number of ether oxygens (including phenoxy) is 5. The first-order valence-electron chi connectivity index (χ1n) is 24.0. The Morgan fingerprint density at radius 2 is 1.57 bits per heavy atom. The summed E-state index contributed by atoms with van der Waals surface area (Å²) in [6.07, 6.45) is 8.09. The zero-order valence-electron chi connectivity index (χ0n) is 40.9. The molecule has 0 aromatic carbocycles. The van der Waals surface area contributed by atoms with E-state index in [2.05, 4.69) is 31.2 Å². The summed E-state index contributed by atoms with van der Waals surface area (Å²) in [6.45, 7) is 8.55. The normalized spacial score (nSPS) is 22.3. The van der Waals surface area contributed by atoms with Crippen LogP contribution >= 0.6 is 0 Å². The summed E-state index contributed by atoms with van der Waals surface area (Å²) in [5, 5.41) is 16.3. The minimum absolute atomic E-state index is 0.0101. The van der Waals surface area contributed by atoms with Crippen LogP contribution in [0.15, 0.2) is 18.3 Å². The van der Waals surface area contributed by atoms with Crippen molar-refractivity contribution in [1.29, 1.82) is 0 Å². The van der Waals surface area contributed by atoms with Crippen molar-refractivity contribution in [2.75, 3.05) is 94.1 Å². The third kappa shape index (κ3) is 14.6. The number of carbonyl (C=O) groups is 7. The van der Waals surface area contributed by atoms with E-state index >= 15 is 0 Å². The second-order valence-corrected chi connectivity index (χ2v) is 18.2. The molecule has 0 spiro atoms. The van der Waals surface area contributed by atoms with Crippen molar-refractivity contribution in [3.05, 3.63) is 24.0 Å². The van der Waals surface area contributed by atoms with Gasteiger partial charge in [-0.05, 0) is 51.0 Å². The van der Waals surface area contributed by atoms with Crippen molar-refractivity contribution in [2.45, 2.75) is 115 Å². The van der Waals surface area contributed by atoms with Gasteiger partial charge in [-0.25, -0.2) is 4.68 Å². The molecule has 22 heteroatoms. The van der Waals surface area contributed by atoms with Crippen molar-refractivity contribution < 1.29 is 57.2 Å². The molecule has 4 heterocycles. The molecule has 9 atom stereocenters. The summed E-state index contributed by atoms with van der Waals surface area (Å²) in [5.74, 6) is -2.45. The summed E-state index contributed by atoms with van der Waals surface area (Å²) in [5.41, 5.74) is 0.496. The number of imide groups is 1. The Balaban J connectivity index is 0.945. The molecule has 2 bridgehead atoms. The topological polar surface area (TPSA) is 245 Å². The van der Waals surface area contributed by atoms with Gasteiger partial charge in [-0.1, -0.05) is 32.4 Å².